The Labute approximate surface area is 144 Å². The van der Waals surface area contributed by atoms with Crippen molar-refractivity contribution in [1.29, 1.82) is 0 Å². The van der Waals surface area contributed by atoms with Crippen molar-refractivity contribution in [2.75, 3.05) is 19.5 Å². The maximum atomic E-state index is 12.7. The molecule has 0 atom stereocenters. The maximum Gasteiger partial charge on any atom is 0.261 e. The van der Waals surface area contributed by atoms with Gasteiger partial charge in [-0.15, -0.1) is 0 Å². The molecule has 0 radical (unpaired) electrons. The summed E-state index contributed by atoms with van der Waals surface area (Å²) in [5, 5.41) is 3.17. The third-order valence-electron chi connectivity index (χ3n) is 3.98. The molecule has 0 spiro atoms. The molecule has 0 saturated carbocycles. The predicted octanol–water partition coefficient (Wildman–Crippen LogP) is 2.81. The highest BCUT2D eigenvalue weighted by atomic mass is 16.5. The van der Waals surface area contributed by atoms with Crippen LogP contribution in [-0.2, 0) is 7.05 Å². The van der Waals surface area contributed by atoms with E-state index in [1.165, 1.54) is 6.20 Å². The molecule has 3 aromatic rings. The van der Waals surface area contributed by atoms with Crippen molar-refractivity contribution in [1.82, 2.24) is 4.57 Å². The Morgan fingerprint density at radius 1 is 1.04 bits per heavy atom. The summed E-state index contributed by atoms with van der Waals surface area (Å²) in [7, 11) is 4.89. The number of carbonyl (C=O) groups excluding carboxylic acids is 1. The van der Waals surface area contributed by atoms with Gasteiger partial charge in [0.1, 0.15) is 17.1 Å². The minimum absolute atomic E-state index is 0.0686. The fraction of sp³-hybridized carbons (Fsp3) is 0.158. The third-order valence-corrected chi connectivity index (χ3v) is 3.98. The second kappa shape index (κ2) is 6.68. The first kappa shape index (κ1) is 16.6. The highest BCUT2D eigenvalue weighted by molar-refractivity contribution is 6.06. The van der Waals surface area contributed by atoms with Crippen LogP contribution < -0.4 is 20.2 Å². The van der Waals surface area contributed by atoms with Crippen molar-refractivity contribution in [2.24, 2.45) is 7.05 Å². The van der Waals surface area contributed by atoms with Gasteiger partial charge in [0.2, 0.25) is 5.43 Å². The first-order chi connectivity index (χ1) is 12.0. The first-order valence-electron chi connectivity index (χ1n) is 7.67. The van der Waals surface area contributed by atoms with Gasteiger partial charge in [0.15, 0.2) is 0 Å². The molecule has 0 aliphatic carbocycles. The number of methoxy groups -OCH3 is 2. The molecular formula is C19H18N2O4. The Kier molecular flexibility index (Phi) is 4.43. The molecule has 1 aromatic heterocycles. The van der Waals surface area contributed by atoms with Crippen molar-refractivity contribution in [2.45, 2.75) is 0 Å². The fourth-order valence-electron chi connectivity index (χ4n) is 2.73. The lowest BCUT2D eigenvalue weighted by Crippen LogP contribution is -2.23. The van der Waals surface area contributed by atoms with Crippen LogP contribution in [0.15, 0.2) is 53.5 Å². The van der Waals surface area contributed by atoms with Crippen LogP contribution in [0.25, 0.3) is 10.9 Å². The molecule has 0 aliphatic rings. The molecule has 0 aliphatic heterocycles. The number of benzene rings is 2. The van der Waals surface area contributed by atoms with Gasteiger partial charge in [-0.1, -0.05) is 6.07 Å². The average Bonchev–Trinajstić information content (AvgIpc) is 2.64. The summed E-state index contributed by atoms with van der Waals surface area (Å²) in [6.45, 7) is 0. The molecule has 2 aromatic carbocycles. The number of fused-ring (bicyclic) bond motifs is 1. The van der Waals surface area contributed by atoms with Crippen molar-refractivity contribution in [3.05, 3.63) is 64.4 Å². The first-order valence-corrected chi connectivity index (χ1v) is 7.67. The standard InChI is InChI=1S/C19H18N2O4/c1-21-11-15(18(22)14-5-4-6-16(25-3)17(14)21)19(23)20-12-7-9-13(24-2)10-8-12/h4-11H,1-3H3,(H,20,23). The average molecular weight is 338 g/mol. The number of rotatable bonds is 4. The lowest BCUT2D eigenvalue weighted by Gasteiger charge is -2.12. The number of aryl methyl sites for hydroxylation is 1. The summed E-state index contributed by atoms with van der Waals surface area (Å²) < 4.78 is 12.1. The highest BCUT2D eigenvalue weighted by Crippen LogP contribution is 2.23. The molecule has 0 saturated heterocycles. The Hall–Kier alpha value is -3.28. The van der Waals surface area contributed by atoms with Crippen molar-refractivity contribution >= 4 is 22.5 Å². The molecule has 0 unspecified atom stereocenters. The normalized spacial score (nSPS) is 10.5. The van der Waals surface area contributed by atoms with Gasteiger partial charge in [0, 0.05) is 18.9 Å². The fourth-order valence-corrected chi connectivity index (χ4v) is 2.73. The Morgan fingerprint density at radius 3 is 2.40 bits per heavy atom. The summed E-state index contributed by atoms with van der Waals surface area (Å²) in [5.74, 6) is 0.807. The highest BCUT2D eigenvalue weighted by Gasteiger charge is 2.16. The number of carbonyl (C=O) groups is 1. The zero-order chi connectivity index (χ0) is 18.0. The largest absolute Gasteiger partial charge is 0.497 e. The van der Waals surface area contributed by atoms with E-state index in [-0.39, 0.29) is 11.0 Å². The van der Waals surface area contributed by atoms with Gasteiger partial charge in [-0.3, -0.25) is 9.59 Å². The number of anilines is 1. The number of amides is 1. The summed E-state index contributed by atoms with van der Waals surface area (Å²) in [4.78, 5) is 25.3. The Bertz CT molecular complexity index is 991. The minimum Gasteiger partial charge on any atom is -0.497 e. The molecule has 6 nitrogen and oxygen atoms in total. The number of nitrogens with one attached hydrogen (secondary N) is 1. The van der Waals surface area contributed by atoms with Crippen LogP contribution in [0, 0.1) is 0 Å². The molecule has 3 rings (SSSR count). The van der Waals surface area contributed by atoms with E-state index in [2.05, 4.69) is 5.32 Å². The van der Waals surface area contributed by atoms with Gasteiger partial charge in [-0.2, -0.15) is 0 Å². The van der Waals surface area contributed by atoms with E-state index in [0.29, 0.717) is 28.1 Å². The zero-order valence-corrected chi connectivity index (χ0v) is 14.2. The number of hydrogen-bond donors (Lipinski definition) is 1. The maximum absolute atomic E-state index is 12.7. The van der Waals surface area contributed by atoms with Crippen LogP contribution >= 0.6 is 0 Å². The molecule has 1 heterocycles. The molecular weight excluding hydrogens is 320 g/mol. The van der Waals surface area contributed by atoms with Crippen molar-refractivity contribution in [3.8, 4) is 11.5 Å². The Balaban J connectivity index is 2.01. The van der Waals surface area contributed by atoms with E-state index >= 15 is 0 Å². The van der Waals surface area contributed by atoms with Crippen LogP contribution in [0.3, 0.4) is 0 Å². The second-order valence-electron chi connectivity index (χ2n) is 5.52. The van der Waals surface area contributed by atoms with Crippen LogP contribution in [-0.4, -0.2) is 24.7 Å². The van der Waals surface area contributed by atoms with Gasteiger partial charge >= 0.3 is 0 Å². The number of pyridine rings is 1. The lowest BCUT2D eigenvalue weighted by molar-refractivity contribution is 0.102. The predicted molar refractivity (Wildman–Crippen MR) is 96.7 cm³/mol. The Morgan fingerprint density at radius 2 is 1.76 bits per heavy atom. The molecule has 1 amide bonds. The summed E-state index contributed by atoms with van der Waals surface area (Å²) in [5.41, 5.74) is 0.965. The van der Waals surface area contributed by atoms with Gasteiger partial charge in [-0.05, 0) is 36.4 Å². The zero-order valence-electron chi connectivity index (χ0n) is 14.2. The summed E-state index contributed by atoms with van der Waals surface area (Å²) in [6.07, 6.45) is 1.52. The number of nitrogens with zero attached hydrogens (tertiary/aromatic N) is 1. The van der Waals surface area contributed by atoms with Gasteiger partial charge < -0.3 is 19.4 Å². The van der Waals surface area contributed by atoms with Crippen LogP contribution in [0.2, 0.25) is 0 Å². The number of para-hydroxylation sites is 1. The van der Waals surface area contributed by atoms with E-state index in [9.17, 15) is 9.59 Å². The van der Waals surface area contributed by atoms with Gasteiger partial charge in [0.05, 0.1) is 25.1 Å². The summed E-state index contributed by atoms with van der Waals surface area (Å²) >= 11 is 0. The molecule has 0 fully saturated rings. The SMILES string of the molecule is COc1ccc(NC(=O)c2cn(C)c3c(OC)cccc3c2=O)cc1. The van der Waals surface area contributed by atoms with Crippen LogP contribution in [0.1, 0.15) is 10.4 Å². The van der Waals surface area contributed by atoms with Gasteiger partial charge in [0.25, 0.3) is 5.91 Å². The molecule has 0 bridgehead atoms. The number of aromatic nitrogens is 1. The second-order valence-corrected chi connectivity index (χ2v) is 5.52. The monoisotopic (exact) mass is 338 g/mol. The summed E-state index contributed by atoms with van der Waals surface area (Å²) in [6, 6.07) is 12.1. The topological polar surface area (TPSA) is 69.6 Å². The van der Waals surface area contributed by atoms with Crippen LogP contribution in [0.4, 0.5) is 5.69 Å². The van der Waals surface area contributed by atoms with Crippen molar-refractivity contribution < 1.29 is 14.3 Å². The molecule has 128 valence electrons. The quantitative estimate of drug-likeness (QED) is 0.794. The van der Waals surface area contributed by atoms with E-state index in [1.807, 2.05) is 0 Å². The van der Waals surface area contributed by atoms with E-state index in [0.717, 1.165) is 0 Å². The van der Waals surface area contributed by atoms with E-state index in [4.69, 9.17) is 9.47 Å². The van der Waals surface area contributed by atoms with Crippen molar-refractivity contribution in [3.63, 3.8) is 0 Å². The molecule has 1 N–H and O–H groups in total. The van der Waals surface area contributed by atoms with E-state index in [1.54, 1.807) is 68.3 Å². The minimum atomic E-state index is -0.463. The molecule has 6 heteroatoms. The van der Waals surface area contributed by atoms with Gasteiger partial charge in [-0.25, -0.2) is 0 Å². The number of hydrogen-bond acceptors (Lipinski definition) is 4. The van der Waals surface area contributed by atoms with Crippen LogP contribution in [0.5, 0.6) is 11.5 Å². The number of ether oxygens (including phenoxy) is 2. The van der Waals surface area contributed by atoms with E-state index < -0.39 is 5.91 Å². The third kappa shape index (κ3) is 3.06. The lowest BCUT2D eigenvalue weighted by atomic mass is 10.1. The molecule has 25 heavy (non-hydrogen) atoms. The smallest absolute Gasteiger partial charge is 0.261 e.